The van der Waals surface area contributed by atoms with Gasteiger partial charge >= 0.3 is 0 Å². The maximum Gasteiger partial charge on any atom is 0.0917 e. The van der Waals surface area contributed by atoms with Gasteiger partial charge in [-0.05, 0) is 48.6 Å². The van der Waals surface area contributed by atoms with Gasteiger partial charge in [0.1, 0.15) is 0 Å². The van der Waals surface area contributed by atoms with Gasteiger partial charge in [-0.3, -0.25) is 0 Å². The molecule has 1 aliphatic carbocycles. The highest BCUT2D eigenvalue weighted by molar-refractivity contribution is 7.14. The molecule has 18 heavy (non-hydrogen) atoms. The summed E-state index contributed by atoms with van der Waals surface area (Å²) in [6, 6.07) is 2.29. The highest BCUT2D eigenvalue weighted by Crippen LogP contribution is 2.39. The Kier molecular flexibility index (Phi) is 5.07. The lowest BCUT2D eigenvalue weighted by atomic mass is 9.85. The third-order valence-electron chi connectivity index (χ3n) is 4.15. The van der Waals surface area contributed by atoms with E-state index in [1.807, 2.05) is 6.92 Å². The average molecular weight is 267 g/mol. The molecule has 1 aromatic heterocycles. The Balaban J connectivity index is 1.94. The first-order valence-electron chi connectivity index (χ1n) is 7.18. The fraction of sp³-hybridized carbons (Fsp3) is 0.733. The smallest absolute Gasteiger partial charge is 0.0917 e. The lowest BCUT2D eigenvalue weighted by Gasteiger charge is -2.23. The van der Waals surface area contributed by atoms with Crippen LogP contribution in [0.4, 0.5) is 5.00 Å². The Morgan fingerprint density at radius 3 is 2.72 bits per heavy atom. The minimum absolute atomic E-state index is 0.240. The van der Waals surface area contributed by atoms with Crippen molar-refractivity contribution in [3.05, 3.63) is 17.0 Å². The van der Waals surface area contributed by atoms with Crippen LogP contribution in [0.1, 0.15) is 57.4 Å². The normalized spacial score (nSPS) is 20.6. The third-order valence-corrected chi connectivity index (χ3v) is 5.04. The first kappa shape index (κ1) is 13.9. The van der Waals surface area contributed by atoms with E-state index in [0.29, 0.717) is 5.92 Å². The molecule has 2 unspecified atom stereocenters. The van der Waals surface area contributed by atoms with Gasteiger partial charge in [-0.1, -0.05) is 26.2 Å². The summed E-state index contributed by atoms with van der Waals surface area (Å²) in [7, 11) is 0. The topological polar surface area (TPSA) is 32.3 Å². The number of rotatable bonds is 5. The molecular weight excluding hydrogens is 242 g/mol. The first-order valence-corrected chi connectivity index (χ1v) is 8.05. The van der Waals surface area contributed by atoms with Crippen LogP contribution in [0.25, 0.3) is 0 Å². The van der Waals surface area contributed by atoms with Gasteiger partial charge in [0, 0.05) is 6.54 Å². The Hall–Kier alpha value is -0.540. The summed E-state index contributed by atoms with van der Waals surface area (Å²) in [5.74, 6) is 1.06. The van der Waals surface area contributed by atoms with Gasteiger partial charge in [-0.2, -0.15) is 0 Å². The molecule has 1 saturated carbocycles. The molecule has 0 saturated heterocycles. The highest BCUT2D eigenvalue weighted by atomic mass is 32.1. The van der Waals surface area contributed by atoms with E-state index in [1.165, 1.54) is 42.7 Å². The van der Waals surface area contributed by atoms with Gasteiger partial charge in [0.05, 0.1) is 11.1 Å². The molecule has 3 heteroatoms. The van der Waals surface area contributed by atoms with E-state index < -0.39 is 0 Å². The van der Waals surface area contributed by atoms with Gasteiger partial charge in [-0.15, -0.1) is 11.3 Å². The standard InChI is InChI=1S/C15H25NOS/c1-11(12(2)17)10-16-15-14(8-9-18-15)13-6-4-3-5-7-13/h8-9,11-13,16-17H,3-7,10H2,1-2H3. The van der Waals surface area contributed by atoms with Crippen LogP contribution in [0.3, 0.4) is 0 Å². The van der Waals surface area contributed by atoms with E-state index in [0.717, 1.165) is 12.5 Å². The van der Waals surface area contributed by atoms with E-state index in [2.05, 4.69) is 23.7 Å². The molecule has 2 rings (SSSR count). The average Bonchev–Trinajstić information content (AvgIpc) is 2.85. The number of hydrogen-bond donors (Lipinski definition) is 2. The molecule has 1 fully saturated rings. The molecule has 2 N–H and O–H groups in total. The van der Waals surface area contributed by atoms with Crippen molar-refractivity contribution in [2.75, 3.05) is 11.9 Å². The fourth-order valence-corrected chi connectivity index (χ4v) is 3.51. The van der Waals surface area contributed by atoms with Crippen LogP contribution >= 0.6 is 11.3 Å². The number of anilines is 1. The molecule has 0 aromatic carbocycles. The second-order valence-electron chi connectivity index (χ2n) is 5.64. The predicted octanol–water partition coefficient (Wildman–Crippen LogP) is 4.22. The summed E-state index contributed by atoms with van der Waals surface area (Å²) >= 11 is 1.80. The molecular formula is C15H25NOS. The summed E-state index contributed by atoms with van der Waals surface area (Å²) in [6.07, 6.45) is 6.61. The van der Waals surface area contributed by atoms with Crippen molar-refractivity contribution in [3.63, 3.8) is 0 Å². The second kappa shape index (κ2) is 6.58. The molecule has 0 spiro atoms. The van der Waals surface area contributed by atoms with Gasteiger partial charge < -0.3 is 10.4 Å². The summed E-state index contributed by atoms with van der Waals surface area (Å²) in [6.45, 7) is 4.81. The molecule has 2 nitrogen and oxygen atoms in total. The van der Waals surface area contributed by atoms with Crippen LogP contribution in [0.15, 0.2) is 11.4 Å². The largest absolute Gasteiger partial charge is 0.393 e. The monoisotopic (exact) mass is 267 g/mol. The summed E-state index contributed by atoms with van der Waals surface area (Å²) in [5.41, 5.74) is 1.51. The highest BCUT2D eigenvalue weighted by Gasteiger charge is 2.19. The van der Waals surface area contributed by atoms with Crippen molar-refractivity contribution in [2.24, 2.45) is 5.92 Å². The van der Waals surface area contributed by atoms with Gasteiger partial charge in [0.25, 0.3) is 0 Å². The Morgan fingerprint density at radius 1 is 1.33 bits per heavy atom. The number of aliphatic hydroxyl groups excluding tert-OH is 1. The molecule has 0 bridgehead atoms. The Morgan fingerprint density at radius 2 is 2.06 bits per heavy atom. The van der Waals surface area contributed by atoms with Crippen molar-refractivity contribution < 1.29 is 5.11 Å². The molecule has 0 aliphatic heterocycles. The zero-order valence-corrected chi connectivity index (χ0v) is 12.3. The zero-order chi connectivity index (χ0) is 13.0. The van der Waals surface area contributed by atoms with Crippen LogP contribution in [0, 0.1) is 5.92 Å². The van der Waals surface area contributed by atoms with Crippen molar-refractivity contribution in [1.82, 2.24) is 0 Å². The summed E-state index contributed by atoms with van der Waals surface area (Å²) < 4.78 is 0. The van der Waals surface area contributed by atoms with E-state index in [9.17, 15) is 5.11 Å². The van der Waals surface area contributed by atoms with Crippen LogP contribution in [0.2, 0.25) is 0 Å². The fourth-order valence-electron chi connectivity index (χ4n) is 2.62. The quantitative estimate of drug-likeness (QED) is 0.837. The molecule has 0 radical (unpaired) electrons. The van der Waals surface area contributed by atoms with Crippen molar-refractivity contribution in [3.8, 4) is 0 Å². The van der Waals surface area contributed by atoms with E-state index in [4.69, 9.17) is 0 Å². The maximum atomic E-state index is 9.53. The van der Waals surface area contributed by atoms with Gasteiger partial charge in [0.15, 0.2) is 0 Å². The van der Waals surface area contributed by atoms with Gasteiger partial charge in [0.2, 0.25) is 0 Å². The van der Waals surface area contributed by atoms with Crippen LogP contribution < -0.4 is 5.32 Å². The van der Waals surface area contributed by atoms with Crippen LogP contribution in [-0.4, -0.2) is 17.8 Å². The van der Waals surface area contributed by atoms with E-state index >= 15 is 0 Å². The number of thiophene rings is 1. The number of hydrogen-bond acceptors (Lipinski definition) is 3. The second-order valence-corrected chi connectivity index (χ2v) is 6.55. The van der Waals surface area contributed by atoms with Gasteiger partial charge in [-0.25, -0.2) is 0 Å². The SMILES string of the molecule is CC(O)C(C)CNc1sccc1C1CCCCC1. The molecule has 0 amide bonds. The van der Waals surface area contributed by atoms with Crippen molar-refractivity contribution >= 4 is 16.3 Å². The van der Waals surface area contributed by atoms with E-state index in [1.54, 1.807) is 11.3 Å². The summed E-state index contributed by atoms with van der Waals surface area (Å²) in [4.78, 5) is 0. The molecule has 1 heterocycles. The molecule has 102 valence electrons. The van der Waals surface area contributed by atoms with Crippen molar-refractivity contribution in [2.45, 2.75) is 58.0 Å². The minimum Gasteiger partial charge on any atom is -0.393 e. The zero-order valence-electron chi connectivity index (χ0n) is 11.5. The Bertz CT molecular complexity index is 355. The Labute approximate surface area is 114 Å². The summed E-state index contributed by atoms with van der Waals surface area (Å²) in [5, 5.41) is 16.6. The molecule has 2 atom stereocenters. The lowest BCUT2D eigenvalue weighted by Crippen LogP contribution is -2.22. The van der Waals surface area contributed by atoms with Crippen LogP contribution in [-0.2, 0) is 0 Å². The van der Waals surface area contributed by atoms with Crippen molar-refractivity contribution in [1.29, 1.82) is 0 Å². The maximum absolute atomic E-state index is 9.53. The first-order chi connectivity index (χ1) is 8.68. The third kappa shape index (κ3) is 3.48. The minimum atomic E-state index is -0.240. The lowest BCUT2D eigenvalue weighted by molar-refractivity contribution is 0.141. The predicted molar refractivity (Wildman–Crippen MR) is 79.5 cm³/mol. The molecule has 1 aromatic rings. The number of nitrogens with one attached hydrogen (secondary N) is 1. The van der Waals surface area contributed by atoms with E-state index in [-0.39, 0.29) is 6.10 Å². The number of aliphatic hydroxyl groups is 1. The van der Waals surface area contributed by atoms with Crippen LogP contribution in [0.5, 0.6) is 0 Å². The molecule has 1 aliphatic rings.